The quantitative estimate of drug-likeness (QED) is 0.489. The molecule has 0 saturated carbocycles. The Bertz CT molecular complexity index is 1150. The van der Waals surface area contributed by atoms with Gasteiger partial charge in [0, 0.05) is 11.4 Å². The van der Waals surface area contributed by atoms with E-state index in [-0.39, 0.29) is 5.69 Å². The van der Waals surface area contributed by atoms with E-state index in [0.717, 1.165) is 28.4 Å². The van der Waals surface area contributed by atoms with Crippen LogP contribution in [0.4, 0.5) is 18.9 Å². The number of carbonyl (C=O) groups is 1. The molecule has 2 atom stereocenters. The second kappa shape index (κ2) is 8.63. The van der Waals surface area contributed by atoms with Gasteiger partial charge in [-0.3, -0.25) is 9.47 Å². The molecule has 1 aromatic heterocycles. The number of anilines is 1. The van der Waals surface area contributed by atoms with Gasteiger partial charge in [0.25, 0.3) is 0 Å². The number of nitrogens with one attached hydrogen (secondary N) is 2. The van der Waals surface area contributed by atoms with E-state index in [2.05, 4.69) is 10.7 Å². The summed E-state index contributed by atoms with van der Waals surface area (Å²) in [6, 6.07) is 14.0. The molecule has 0 bridgehead atoms. The third-order valence-electron chi connectivity index (χ3n) is 5.13. The largest absolute Gasteiger partial charge is 0.497 e. The minimum atomic E-state index is -4.62. The summed E-state index contributed by atoms with van der Waals surface area (Å²) in [7, 11) is 1.57. The van der Waals surface area contributed by atoms with E-state index in [1.54, 1.807) is 19.2 Å². The Hall–Kier alpha value is -2.78. The first-order valence-electron chi connectivity index (χ1n) is 9.60. The van der Waals surface area contributed by atoms with Crippen molar-refractivity contribution in [1.29, 1.82) is 0 Å². The summed E-state index contributed by atoms with van der Waals surface area (Å²) in [4.78, 5) is 13.2. The lowest BCUT2D eigenvalue weighted by molar-refractivity contribution is -0.137. The molecule has 2 heterocycles. The van der Waals surface area contributed by atoms with Crippen LogP contribution in [0.3, 0.4) is 0 Å². The lowest BCUT2D eigenvalue weighted by Crippen LogP contribution is -2.41. The van der Waals surface area contributed by atoms with Crippen LogP contribution in [-0.4, -0.2) is 22.9 Å². The molecule has 0 unspecified atom stereocenters. The summed E-state index contributed by atoms with van der Waals surface area (Å²) in [5, 5.41) is 2.39. The van der Waals surface area contributed by atoms with E-state index < -0.39 is 34.0 Å². The molecule has 0 aliphatic carbocycles. The Labute approximate surface area is 191 Å². The highest BCUT2D eigenvalue weighted by Gasteiger charge is 2.37. The van der Waals surface area contributed by atoms with Crippen molar-refractivity contribution in [2.75, 3.05) is 17.9 Å². The van der Waals surface area contributed by atoms with E-state index in [1.165, 1.54) is 17.8 Å². The summed E-state index contributed by atoms with van der Waals surface area (Å²) >= 11 is 7.03. The van der Waals surface area contributed by atoms with Crippen LogP contribution in [0.1, 0.15) is 22.9 Å². The summed E-state index contributed by atoms with van der Waals surface area (Å²) in [5.74, 6) is 0.251. The van der Waals surface area contributed by atoms with Crippen LogP contribution in [0.15, 0.2) is 59.6 Å². The number of alkyl halides is 3. The van der Waals surface area contributed by atoms with Crippen molar-refractivity contribution in [3.05, 3.63) is 76.4 Å². The Morgan fingerprint density at radius 1 is 1.16 bits per heavy atom. The molecule has 1 amide bonds. The highest BCUT2D eigenvalue weighted by Crippen LogP contribution is 2.40. The smallest absolute Gasteiger partial charge is 0.417 e. The number of hydrogen-bond acceptors (Lipinski definition) is 4. The molecule has 0 spiro atoms. The first-order valence-corrected chi connectivity index (χ1v) is 10.9. The van der Waals surface area contributed by atoms with E-state index in [9.17, 15) is 18.0 Å². The van der Waals surface area contributed by atoms with Gasteiger partial charge in [0.1, 0.15) is 11.0 Å². The molecule has 2 N–H and O–H groups in total. The summed E-state index contributed by atoms with van der Waals surface area (Å²) in [5.41, 5.74) is 4.19. The molecule has 0 saturated heterocycles. The Kier molecular flexibility index (Phi) is 6.05. The third kappa shape index (κ3) is 4.40. The number of fused-ring (bicyclic) bond motifs is 1. The van der Waals surface area contributed by atoms with Gasteiger partial charge < -0.3 is 15.5 Å². The van der Waals surface area contributed by atoms with Crippen LogP contribution in [-0.2, 0) is 11.0 Å². The number of thioether (sulfide) groups is 1. The van der Waals surface area contributed by atoms with E-state index >= 15 is 0 Å². The molecular weight excluding hydrogens is 463 g/mol. The number of aryl methyl sites for hydroxylation is 1. The maximum atomic E-state index is 13.2. The number of hydrogen-bond donors (Lipinski definition) is 2. The Balaban J connectivity index is 1.65. The zero-order valence-corrected chi connectivity index (χ0v) is 18.6. The lowest BCUT2D eigenvalue weighted by Gasteiger charge is -2.34. The molecule has 5 nitrogen and oxygen atoms in total. The van der Waals surface area contributed by atoms with Gasteiger partial charge in [-0.15, -0.1) is 0 Å². The van der Waals surface area contributed by atoms with E-state index in [0.29, 0.717) is 5.75 Å². The fourth-order valence-electron chi connectivity index (χ4n) is 3.48. The molecule has 0 fully saturated rings. The van der Waals surface area contributed by atoms with Crippen LogP contribution >= 0.6 is 23.4 Å². The fraction of sp³-hybridized carbons (Fsp3) is 0.227. The Morgan fingerprint density at radius 2 is 1.88 bits per heavy atom. The van der Waals surface area contributed by atoms with Crippen LogP contribution in [0.5, 0.6) is 5.75 Å². The number of aromatic nitrogens is 1. The van der Waals surface area contributed by atoms with Crippen LogP contribution in [0.2, 0.25) is 5.02 Å². The molecule has 168 valence electrons. The first-order chi connectivity index (χ1) is 15.2. The first kappa shape index (κ1) is 22.4. The van der Waals surface area contributed by atoms with Crippen molar-refractivity contribution in [2.24, 2.45) is 0 Å². The molecule has 1 aliphatic rings. The van der Waals surface area contributed by atoms with Crippen LogP contribution in [0.25, 0.3) is 0 Å². The average molecular weight is 482 g/mol. The van der Waals surface area contributed by atoms with E-state index in [4.69, 9.17) is 16.3 Å². The van der Waals surface area contributed by atoms with Crippen LogP contribution in [0, 0.1) is 6.92 Å². The minimum Gasteiger partial charge on any atom is -0.497 e. The van der Waals surface area contributed by atoms with Crippen molar-refractivity contribution in [3.8, 4) is 5.75 Å². The van der Waals surface area contributed by atoms with Crippen molar-refractivity contribution >= 4 is 35.0 Å². The summed E-state index contributed by atoms with van der Waals surface area (Å²) in [6.07, 6.45) is -4.62. The van der Waals surface area contributed by atoms with Crippen LogP contribution < -0.4 is 15.5 Å². The maximum Gasteiger partial charge on any atom is 0.417 e. The van der Waals surface area contributed by atoms with Gasteiger partial charge in [0.2, 0.25) is 5.91 Å². The van der Waals surface area contributed by atoms with Crippen molar-refractivity contribution < 1.29 is 22.7 Å². The number of rotatable bonds is 4. The monoisotopic (exact) mass is 481 g/mol. The topological polar surface area (TPSA) is 55.3 Å². The number of nitrogens with zero attached hydrogens (tertiary/aromatic N) is 1. The molecule has 10 heteroatoms. The van der Waals surface area contributed by atoms with Gasteiger partial charge >= 0.3 is 6.18 Å². The summed E-state index contributed by atoms with van der Waals surface area (Å²) in [6.45, 7) is 1.94. The molecule has 4 rings (SSSR count). The van der Waals surface area contributed by atoms with Gasteiger partial charge in [-0.1, -0.05) is 35.5 Å². The van der Waals surface area contributed by atoms with Crippen molar-refractivity contribution in [3.63, 3.8) is 0 Å². The van der Waals surface area contributed by atoms with Gasteiger partial charge in [-0.25, -0.2) is 0 Å². The minimum absolute atomic E-state index is 0.0259. The number of carbonyl (C=O) groups excluding carboxylic acids is 1. The zero-order valence-electron chi connectivity index (χ0n) is 17.0. The molecule has 1 aliphatic heterocycles. The van der Waals surface area contributed by atoms with Crippen molar-refractivity contribution in [2.45, 2.75) is 29.4 Å². The standard InChI is InChI=1S/C22H19ClF3N3O2S/c1-12-3-10-18-29(12)28-19(13-4-7-15(31-2)8-5-13)20(32-18)21(30)27-14-6-9-17(23)16(11-14)22(24,25)26/h3-11,19-20,28H,1-2H3,(H,27,30)/t19-,20+/m1/s1. The predicted molar refractivity (Wildman–Crippen MR) is 119 cm³/mol. The predicted octanol–water partition coefficient (Wildman–Crippen LogP) is 5.88. The second-order valence-corrected chi connectivity index (χ2v) is 8.82. The lowest BCUT2D eigenvalue weighted by atomic mass is 10.0. The third-order valence-corrected chi connectivity index (χ3v) is 6.76. The number of methoxy groups -OCH3 is 1. The highest BCUT2D eigenvalue weighted by atomic mass is 35.5. The normalized spacial score (nSPS) is 17.9. The van der Waals surface area contributed by atoms with E-state index in [1.807, 2.05) is 35.9 Å². The van der Waals surface area contributed by atoms with Gasteiger partial charge in [0.05, 0.1) is 28.8 Å². The number of halogens is 4. The molecule has 2 aromatic carbocycles. The number of amides is 1. The highest BCUT2D eigenvalue weighted by molar-refractivity contribution is 8.00. The second-order valence-electron chi connectivity index (χ2n) is 7.25. The van der Waals surface area contributed by atoms with Gasteiger partial charge in [0.15, 0.2) is 0 Å². The number of ether oxygens (including phenoxy) is 1. The van der Waals surface area contributed by atoms with Crippen molar-refractivity contribution in [1.82, 2.24) is 4.68 Å². The molecular formula is C22H19ClF3N3O2S. The SMILES string of the molecule is COc1ccc([C@H]2Nn3c(C)ccc3S[C@@H]2C(=O)Nc2ccc(Cl)c(C(F)(F)F)c2)cc1. The zero-order chi connectivity index (χ0) is 23.0. The molecule has 3 aromatic rings. The Morgan fingerprint density at radius 3 is 2.53 bits per heavy atom. The molecule has 0 radical (unpaired) electrons. The fourth-order valence-corrected chi connectivity index (χ4v) is 4.93. The number of benzene rings is 2. The summed E-state index contributed by atoms with van der Waals surface area (Å²) < 4.78 is 46.7. The average Bonchev–Trinajstić information content (AvgIpc) is 3.13. The maximum absolute atomic E-state index is 13.2. The van der Waals surface area contributed by atoms with Gasteiger partial charge in [-0.2, -0.15) is 13.2 Å². The molecule has 32 heavy (non-hydrogen) atoms. The van der Waals surface area contributed by atoms with Gasteiger partial charge in [-0.05, 0) is 55.0 Å².